The Bertz CT molecular complexity index is 383. The maximum absolute atomic E-state index is 12.2. The molecular formula is C12H23N3O8. The summed E-state index contributed by atoms with van der Waals surface area (Å²) in [5.74, 6) is -3.52. The first-order valence-electron chi connectivity index (χ1n) is 6.92. The van der Waals surface area contributed by atoms with E-state index in [0.29, 0.717) is 0 Å². The highest BCUT2D eigenvalue weighted by Crippen LogP contribution is 2.10. The summed E-state index contributed by atoms with van der Waals surface area (Å²) in [6, 6.07) is 0. The Morgan fingerprint density at radius 1 is 0.913 bits per heavy atom. The number of esters is 2. The van der Waals surface area contributed by atoms with Gasteiger partial charge in [0.1, 0.15) is 0 Å². The van der Waals surface area contributed by atoms with E-state index in [1.807, 2.05) is 0 Å². The summed E-state index contributed by atoms with van der Waals surface area (Å²) in [4.78, 5) is 34.7. The van der Waals surface area contributed by atoms with E-state index in [1.165, 1.54) is 0 Å². The van der Waals surface area contributed by atoms with Gasteiger partial charge in [0.15, 0.2) is 5.66 Å². The van der Waals surface area contributed by atoms with Gasteiger partial charge < -0.3 is 30.5 Å². The molecule has 23 heavy (non-hydrogen) atoms. The minimum Gasteiger partial charge on any atom is -0.481 e. The van der Waals surface area contributed by atoms with E-state index in [0.717, 1.165) is 0 Å². The highest BCUT2D eigenvalue weighted by atomic mass is 16.6. The Balaban J connectivity index is 4.99. The number of carbonyl (C=O) groups is 3. The van der Waals surface area contributed by atoms with Gasteiger partial charge in [-0.25, -0.2) is 4.79 Å². The monoisotopic (exact) mass is 337 g/mol. The van der Waals surface area contributed by atoms with E-state index < -0.39 is 30.0 Å². The first-order chi connectivity index (χ1) is 10.9. The summed E-state index contributed by atoms with van der Waals surface area (Å²) >= 11 is 0. The Labute approximate surface area is 132 Å². The van der Waals surface area contributed by atoms with Crippen LogP contribution in [0.5, 0.6) is 0 Å². The van der Waals surface area contributed by atoms with Gasteiger partial charge in [-0.2, -0.15) is 0 Å². The summed E-state index contributed by atoms with van der Waals surface area (Å²) in [5, 5.41) is 42.7. The molecule has 0 heterocycles. The minimum absolute atomic E-state index is 0.120. The van der Waals surface area contributed by atoms with Crippen LogP contribution >= 0.6 is 0 Å². The highest BCUT2D eigenvalue weighted by molar-refractivity contribution is 5.93. The lowest BCUT2D eigenvalue weighted by atomic mass is 10.1. The molecule has 0 radical (unpaired) electrons. The molecule has 0 aromatic rings. The summed E-state index contributed by atoms with van der Waals surface area (Å²) in [7, 11) is 0. The molecule has 0 amide bonds. The fourth-order valence-corrected chi connectivity index (χ4v) is 1.67. The number of hydrogen-bond donors (Lipinski definition) is 7. The van der Waals surface area contributed by atoms with E-state index in [-0.39, 0.29) is 46.0 Å². The molecule has 0 aromatic carbocycles. The van der Waals surface area contributed by atoms with Crippen LogP contribution in [0.2, 0.25) is 0 Å². The van der Waals surface area contributed by atoms with Crippen molar-refractivity contribution in [3.63, 3.8) is 0 Å². The average molecular weight is 337 g/mol. The van der Waals surface area contributed by atoms with Gasteiger partial charge in [0.05, 0.1) is 32.8 Å². The lowest BCUT2D eigenvalue weighted by Gasteiger charge is -2.31. The lowest BCUT2D eigenvalue weighted by Crippen LogP contribution is -2.65. The zero-order chi connectivity index (χ0) is 17.7. The van der Waals surface area contributed by atoms with Crippen molar-refractivity contribution in [2.24, 2.45) is 0 Å². The van der Waals surface area contributed by atoms with Crippen LogP contribution in [0.3, 0.4) is 0 Å². The first-order valence-corrected chi connectivity index (χ1v) is 6.92. The van der Waals surface area contributed by atoms with Crippen LogP contribution in [-0.2, 0) is 19.1 Å². The number of carbonyl (C=O) groups excluding carboxylic acids is 2. The standard InChI is InChI=1S/C12H23N3O8/c16-4-1-13-8-10(21)23-11(22)12(7-9(19)20,14-2-5-17)15-3-6-18/h13-18H,1-8H2,(H,19,20). The zero-order valence-corrected chi connectivity index (χ0v) is 12.6. The third-order valence-corrected chi connectivity index (χ3v) is 2.61. The molecule has 0 aliphatic carbocycles. The molecule has 0 spiro atoms. The van der Waals surface area contributed by atoms with Crippen molar-refractivity contribution in [1.29, 1.82) is 0 Å². The van der Waals surface area contributed by atoms with Crippen LogP contribution in [0.4, 0.5) is 0 Å². The number of carboxylic acids is 1. The molecule has 134 valence electrons. The normalized spacial score (nSPS) is 11.3. The van der Waals surface area contributed by atoms with Crippen molar-refractivity contribution in [2.75, 3.05) is 46.0 Å². The van der Waals surface area contributed by atoms with Crippen LogP contribution in [0.15, 0.2) is 0 Å². The van der Waals surface area contributed by atoms with Crippen molar-refractivity contribution < 1.29 is 39.5 Å². The van der Waals surface area contributed by atoms with Gasteiger partial charge in [0.25, 0.3) is 0 Å². The summed E-state index contributed by atoms with van der Waals surface area (Å²) < 4.78 is 4.58. The molecule has 11 heteroatoms. The van der Waals surface area contributed by atoms with E-state index in [1.54, 1.807) is 0 Å². The van der Waals surface area contributed by atoms with Gasteiger partial charge in [0.2, 0.25) is 0 Å². The average Bonchev–Trinajstić information content (AvgIpc) is 2.49. The topological polar surface area (TPSA) is 177 Å². The van der Waals surface area contributed by atoms with Gasteiger partial charge in [-0.1, -0.05) is 0 Å². The highest BCUT2D eigenvalue weighted by Gasteiger charge is 2.42. The largest absolute Gasteiger partial charge is 0.481 e. The Morgan fingerprint density at radius 2 is 1.43 bits per heavy atom. The number of aliphatic hydroxyl groups excluding tert-OH is 3. The first kappa shape index (κ1) is 21.4. The second kappa shape index (κ2) is 11.9. The minimum atomic E-state index is -1.97. The molecule has 0 unspecified atom stereocenters. The molecule has 0 aliphatic rings. The van der Waals surface area contributed by atoms with Crippen LogP contribution < -0.4 is 16.0 Å². The number of nitrogens with one attached hydrogen (secondary N) is 3. The van der Waals surface area contributed by atoms with E-state index in [2.05, 4.69) is 20.7 Å². The van der Waals surface area contributed by atoms with Crippen LogP contribution in [0.1, 0.15) is 6.42 Å². The molecule has 0 bridgehead atoms. The molecule has 0 atom stereocenters. The van der Waals surface area contributed by atoms with Gasteiger partial charge in [-0.3, -0.25) is 20.2 Å². The maximum atomic E-state index is 12.2. The summed E-state index contributed by atoms with van der Waals surface area (Å²) in [6.07, 6.45) is -0.775. The molecule has 0 aliphatic heterocycles. The number of ether oxygens (including phenoxy) is 1. The van der Waals surface area contributed by atoms with Crippen LogP contribution in [0.25, 0.3) is 0 Å². The summed E-state index contributed by atoms with van der Waals surface area (Å²) in [6.45, 7) is -1.50. The molecule has 0 saturated heterocycles. The molecular weight excluding hydrogens is 314 g/mol. The van der Waals surface area contributed by atoms with E-state index >= 15 is 0 Å². The van der Waals surface area contributed by atoms with Crippen LogP contribution in [0, 0.1) is 0 Å². The third-order valence-electron chi connectivity index (χ3n) is 2.61. The zero-order valence-electron chi connectivity index (χ0n) is 12.6. The van der Waals surface area contributed by atoms with Crippen molar-refractivity contribution in [3.8, 4) is 0 Å². The number of rotatable bonds is 13. The van der Waals surface area contributed by atoms with Gasteiger partial charge in [0, 0.05) is 19.6 Å². The second-order valence-electron chi connectivity index (χ2n) is 4.44. The number of carboxylic acid groups (broad SMARTS) is 1. The number of aliphatic hydroxyl groups is 3. The van der Waals surface area contributed by atoms with E-state index in [4.69, 9.17) is 20.4 Å². The summed E-state index contributed by atoms with van der Waals surface area (Å²) in [5.41, 5.74) is -1.97. The van der Waals surface area contributed by atoms with E-state index in [9.17, 15) is 14.4 Å². The molecule has 0 fully saturated rings. The van der Waals surface area contributed by atoms with Crippen molar-refractivity contribution in [3.05, 3.63) is 0 Å². The fraction of sp³-hybridized carbons (Fsp3) is 0.750. The predicted molar refractivity (Wildman–Crippen MR) is 76.2 cm³/mol. The maximum Gasteiger partial charge on any atom is 0.349 e. The van der Waals surface area contributed by atoms with Gasteiger partial charge in [-0.15, -0.1) is 0 Å². The van der Waals surface area contributed by atoms with Gasteiger partial charge >= 0.3 is 17.9 Å². The Hall–Kier alpha value is -1.63. The number of aliphatic carboxylic acids is 1. The fourth-order valence-electron chi connectivity index (χ4n) is 1.67. The second-order valence-corrected chi connectivity index (χ2v) is 4.44. The van der Waals surface area contributed by atoms with Crippen molar-refractivity contribution in [2.45, 2.75) is 12.1 Å². The SMILES string of the molecule is O=C(O)CC(NCCO)(NCCO)C(=O)OC(=O)CNCCO. The lowest BCUT2D eigenvalue weighted by molar-refractivity contribution is -0.168. The quantitative estimate of drug-likeness (QED) is 0.0753. The van der Waals surface area contributed by atoms with Crippen molar-refractivity contribution >= 4 is 17.9 Å². The Morgan fingerprint density at radius 3 is 1.87 bits per heavy atom. The molecule has 0 saturated carbocycles. The number of hydrogen-bond acceptors (Lipinski definition) is 10. The van der Waals surface area contributed by atoms with Crippen LogP contribution in [-0.4, -0.2) is 90.0 Å². The molecule has 11 nitrogen and oxygen atoms in total. The predicted octanol–water partition coefficient (Wildman–Crippen LogP) is -4.03. The molecule has 0 rings (SSSR count). The molecule has 7 N–H and O–H groups in total. The third kappa shape index (κ3) is 8.54. The molecule has 0 aromatic heterocycles. The Kier molecular flexibility index (Phi) is 11.0. The van der Waals surface area contributed by atoms with Gasteiger partial charge in [-0.05, 0) is 0 Å². The smallest absolute Gasteiger partial charge is 0.349 e. The van der Waals surface area contributed by atoms with Crippen molar-refractivity contribution in [1.82, 2.24) is 16.0 Å².